The molecule has 0 bridgehead atoms. The van der Waals surface area contributed by atoms with Gasteiger partial charge >= 0.3 is 11.9 Å². The average molecular weight is 273 g/mol. The van der Waals surface area contributed by atoms with Crippen LogP contribution >= 0.6 is 11.3 Å². The third-order valence-electron chi connectivity index (χ3n) is 2.60. The fourth-order valence-electron chi connectivity index (χ4n) is 1.65. The Morgan fingerprint density at radius 3 is 2.33 bits per heavy atom. The molecule has 1 aromatic heterocycles. The first kappa shape index (κ1) is 12.9. The molecule has 0 aliphatic rings. The summed E-state index contributed by atoms with van der Waals surface area (Å²) >= 11 is 1.04. The van der Waals surface area contributed by atoms with Crippen LogP contribution in [0.25, 0.3) is 0 Å². The minimum atomic E-state index is -4.39. The van der Waals surface area contributed by atoms with Crippen LogP contribution < -0.4 is 10.5 Å². The number of hydrogen-bond donors (Lipinski definition) is 1. The lowest BCUT2D eigenvalue weighted by molar-refractivity contribution is -0.662. The van der Waals surface area contributed by atoms with E-state index in [9.17, 15) is 13.2 Å². The van der Waals surface area contributed by atoms with Crippen LogP contribution in [0.2, 0.25) is 0 Å². The Morgan fingerprint density at radius 2 is 1.78 bits per heavy atom. The highest BCUT2D eigenvalue weighted by Gasteiger charge is 2.43. The van der Waals surface area contributed by atoms with E-state index in [1.54, 1.807) is 0 Å². The summed E-state index contributed by atoms with van der Waals surface area (Å²) in [5, 5.41) is 1.58. The number of nitrogen functional groups attached to an aromatic ring is 1. The molecule has 0 amide bonds. The van der Waals surface area contributed by atoms with Gasteiger partial charge in [-0.2, -0.15) is 13.2 Å². The van der Waals surface area contributed by atoms with Crippen LogP contribution in [0.15, 0.2) is 35.7 Å². The SMILES string of the molecule is N[n+]1c(C(F)(F)F)csc1CCc1ccccc1. The van der Waals surface area contributed by atoms with Gasteiger partial charge in [-0.3, -0.25) is 0 Å². The first-order chi connectivity index (χ1) is 8.48. The van der Waals surface area contributed by atoms with E-state index in [2.05, 4.69) is 0 Å². The fourth-order valence-corrected chi connectivity index (χ4v) is 2.58. The van der Waals surface area contributed by atoms with Crippen molar-refractivity contribution in [3.63, 3.8) is 0 Å². The van der Waals surface area contributed by atoms with Crippen molar-refractivity contribution in [3.8, 4) is 0 Å². The molecule has 1 aromatic carbocycles. The Kier molecular flexibility index (Phi) is 3.56. The average Bonchev–Trinajstić information content (AvgIpc) is 2.69. The molecule has 0 spiro atoms. The summed E-state index contributed by atoms with van der Waals surface area (Å²) in [4.78, 5) is 0. The molecule has 6 heteroatoms. The van der Waals surface area contributed by atoms with Crippen LogP contribution in [0.3, 0.4) is 0 Å². The molecule has 1 heterocycles. The van der Waals surface area contributed by atoms with E-state index in [0.717, 1.165) is 27.0 Å². The predicted octanol–water partition coefficient (Wildman–Crippen LogP) is 2.55. The monoisotopic (exact) mass is 273 g/mol. The molecule has 0 aliphatic heterocycles. The molecule has 0 atom stereocenters. The van der Waals surface area contributed by atoms with Crippen molar-refractivity contribution in [2.75, 3.05) is 5.84 Å². The molecule has 2 aromatic rings. The quantitative estimate of drug-likeness (QED) is 0.676. The number of aromatic nitrogens is 1. The van der Waals surface area contributed by atoms with Gasteiger partial charge in [0.25, 0.3) is 5.01 Å². The Morgan fingerprint density at radius 1 is 1.11 bits per heavy atom. The minimum Gasteiger partial charge on any atom is -0.204 e. The molecule has 2 N–H and O–H groups in total. The van der Waals surface area contributed by atoms with E-state index in [4.69, 9.17) is 5.84 Å². The van der Waals surface area contributed by atoms with Crippen molar-refractivity contribution in [1.29, 1.82) is 0 Å². The van der Waals surface area contributed by atoms with Crippen LogP contribution in [-0.2, 0) is 19.0 Å². The molecule has 0 saturated carbocycles. The minimum absolute atomic E-state index is 0.501. The molecule has 0 unspecified atom stereocenters. The van der Waals surface area contributed by atoms with E-state index >= 15 is 0 Å². The second-order valence-corrected chi connectivity index (χ2v) is 4.81. The summed E-state index contributed by atoms with van der Waals surface area (Å²) in [6.45, 7) is 0. The molecule has 2 nitrogen and oxygen atoms in total. The molecule has 0 fully saturated rings. The second kappa shape index (κ2) is 4.97. The zero-order valence-electron chi connectivity index (χ0n) is 9.45. The van der Waals surface area contributed by atoms with Crippen LogP contribution in [0.1, 0.15) is 16.3 Å². The summed E-state index contributed by atoms with van der Waals surface area (Å²) in [6, 6.07) is 9.60. The number of thiazole rings is 1. The van der Waals surface area contributed by atoms with Gasteiger partial charge in [0.15, 0.2) is 0 Å². The van der Waals surface area contributed by atoms with Gasteiger partial charge in [-0.1, -0.05) is 46.3 Å². The van der Waals surface area contributed by atoms with Gasteiger partial charge in [0.05, 0.1) is 11.8 Å². The maximum absolute atomic E-state index is 12.5. The third kappa shape index (κ3) is 2.81. The summed E-state index contributed by atoms with van der Waals surface area (Å²) in [6.07, 6.45) is -3.21. The van der Waals surface area contributed by atoms with E-state index < -0.39 is 11.9 Å². The van der Waals surface area contributed by atoms with Crippen LogP contribution in [0.5, 0.6) is 0 Å². The lowest BCUT2D eigenvalue weighted by Gasteiger charge is -2.00. The van der Waals surface area contributed by atoms with Gasteiger partial charge in [-0.15, -0.1) is 0 Å². The number of benzene rings is 1. The lowest BCUT2D eigenvalue weighted by Crippen LogP contribution is -2.51. The first-order valence-electron chi connectivity index (χ1n) is 5.37. The van der Waals surface area contributed by atoms with Crippen molar-refractivity contribution in [2.24, 2.45) is 0 Å². The number of rotatable bonds is 3. The van der Waals surface area contributed by atoms with E-state index in [0.29, 0.717) is 17.8 Å². The highest BCUT2D eigenvalue weighted by atomic mass is 32.1. The Bertz CT molecular complexity index is 520. The molecule has 0 saturated heterocycles. The van der Waals surface area contributed by atoms with Crippen LogP contribution in [0.4, 0.5) is 13.2 Å². The number of halogens is 3. The fraction of sp³-hybridized carbons (Fsp3) is 0.250. The number of nitrogens with zero attached hydrogens (tertiary/aromatic N) is 1. The largest absolute Gasteiger partial charge is 0.481 e. The smallest absolute Gasteiger partial charge is 0.204 e. The van der Waals surface area contributed by atoms with E-state index in [1.165, 1.54) is 0 Å². The summed E-state index contributed by atoms with van der Waals surface area (Å²) in [5.41, 5.74) is 0.287. The van der Waals surface area contributed by atoms with Crippen LogP contribution in [0, 0.1) is 0 Å². The molecule has 96 valence electrons. The normalized spacial score (nSPS) is 11.7. The van der Waals surface area contributed by atoms with Gasteiger partial charge < -0.3 is 0 Å². The highest BCUT2D eigenvalue weighted by Crippen LogP contribution is 2.28. The number of aryl methyl sites for hydroxylation is 2. The van der Waals surface area contributed by atoms with Crippen molar-refractivity contribution >= 4 is 11.3 Å². The Labute approximate surface area is 106 Å². The Balaban J connectivity index is 2.10. The number of alkyl halides is 3. The molecule has 2 rings (SSSR count). The van der Waals surface area contributed by atoms with Gasteiger partial charge in [-0.05, 0) is 12.0 Å². The van der Waals surface area contributed by atoms with Gasteiger partial charge in [0.1, 0.15) is 0 Å². The molecule has 18 heavy (non-hydrogen) atoms. The molecule has 0 aliphatic carbocycles. The second-order valence-electron chi connectivity index (χ2n) is 3.87. The summed E-state index contributed by atoms with van der Waals surface area (Å²) < 4.78 is 38.3. The standard InChI is InChI=1S/C12H12F3N2S/c13-12(14,15)10-8-18-11(17(10)16)7-6-9-4-2-1-3-5-9/h1-5,8H,6-7,16H2/q+1. The summed E-state index contributed by atoms with van der Waals surface area (Å²) in [5.74, 6) is 5.46. The van der Waals surface area contributed by atoms with Crippen molar-refractivity contribution < 1.29 is 17.8 Å². The highest BCUT2D eigenvalue weighted by molar-refractivity contribution is 7.09. The Hall–Kier alpha value is -1.56. The zero-order valence-corrected chi connectivity index (χ0v) is 10.3. The van der Waals surface area contributed by atoms with Crippen LogP contribution in [-0.4, -0.2) is 0 Å². The third-order valence-corrected chi connectivity index (χ3v) is 3.61. The molecular weight excluding hydrogens is 261 g/mol. The molecular formula is C12H12F3N2S+. The predicted molar refractivity (Wildman–Crippen MR) is 63.5 cm³/mol. The van der Waals surface area contributed by atoms with Gasteiger partial charge in [0.2, 0.25) is 0 Å². The number of nitrogens with two attached hydrogens (primary N) is 1. The topological polar surface area (TPSA) is 29.9 Å². The molecule has 0 radical (unpaired) electrons. The van der Waals surface area contributed by atoms with Gasteiger partial charge in [0, 0.05) is 0 Å². The summed E-state index contributed by atoms with van der Waals surface area (Å²) in [7, 11) is 0. The van der Waals surface area contributed by atoms with Crippen molar-refractivity contribution in [1.82, 2.24) is 0 Å². The van der Waals surface area contributed by atoms with Crippen molar-refractivity contribution in [2.45, 2.75) is 19.0 Å². The first-order valence-corrected chi connectivity index (χ1v) is 6.25. The maximum atomic E-state index is 12.5. The zero-order chi connectivity index (χ0) is 13.2. The van der Waals surface area contributed by atoms with Crippen molar-refractivity contribution in [3.05, 3.63) is 52.0 Å². The number of hydrogen-bond acceptors (Lipinski definition) is 2. The van der Waals surface area contributed by atoms with E-state index in [-0.39, 0.29) is 0 Å². The van der Waals surface area contributed by atoms with E-state index in [1.807, 2.05) is 30.3 Å². The maximum Gasteiger partial charge on any atom is 0.481 e. The lowest BCUT2D eigenvalue weighted by atomic mass is 10.1. The van der Waals surface area contributed by atoms with Gasteiger partial charge in [-0.25, -0.2) is 5.84 Å².